The van der Waals surface area contributed by atoms with E-state index in [0.29, 0.717) is 11.5 Å². The standard InChI is InChI=1S/C13H19N/c1-10-6-4-5-7-12(10)11-8-13(2,3)14-9-11/h4-7,11,14H,8-9H2,1-3H3. The molecule has 1 aliphatic rings. The van der Waals surface area contributed by atoms with Gasteiger partial charge in [0.1, 0.15) is 0 Å². The molecular formula is C13H19N. The molecule has 1 unspecified atom stereocenters. The van der Waals surface area contributed by atoms with Gasteiger partial charge < -0.3 is 5.32 Å². The lowest BCUT2D eigenvalue weighted by Crippen LogP contribution is -2.31. The zero-order valence-corrected chi connectivity index (χ0v) is 9.30. The van der Waals surface area contributed by atoms with E-state index < -0.39 is 0 Å². The first-order valence-corrected chi connectivity index (χ1v) is 5.39. The molecule has 0 amide bonds. The van der Waals surface area contributed by atoms with Crippen LogP contribution in [-0.2, 0) is 0 Å². The first kappa shape index (κ1) is 9.72. The van der Waals surface area contributed by atoms with Crippen molar-refractivity contribution in [3.63, 3.8) is 0 Å². The van der Waals surface area contributed by atoms with Crippen molar-refractivity contribution < 1.29 is 0 Å². The van der Waals surface area contributed by atoms with E-state index in [0.717, 1.165) is 6.54 Å². The lowest BCUT2D eigenvalue weighted by Gasteiger charge is -2.18. The van der Waals surface area contributed by atoms with E-state index >= 15 is 0 Å². The fourth-order valence-electron chi connectivity index (χ4n) is 2.42. The molecule has 2 rings (SSSR count). The first-order valence-electron chi connectivity index (χ1n) is 5.39. The number of benzene rings is 1. The molecule has 0 spiro atoms. The fourth-order valence-corrected chi connectivity index (χ4v) is 2.42. The van der Waals surface area contributed by atoms with E-state index in [1.54, 1.807) is 0 Å². The molecule has 1 saturated heterocycles. The number of rotatable bonds is 1. The molecule has 0 aliphatic carbocycles. The lowest BCUT2D eigenvalue weighted by atomic mass is 9.89. The molecule has 1 aliphatic heterocycles. The van der Waals surface area contributed by atoms with Crippen molar-refractivity contribution >= 4 is 0 Å². The van der Waals surface area contributed by atoms with E-state index in [9.17, 15) is 0 Å². The van der Waals surface area contributed by atoms with Gasteiger partial charge in [0.2, 0.25) is 0 Å². The molecule has 0 saturated carbocycles. The van der Waals surface area contributed by atoms with Crippen LogP contribution in [0.25, 0.3) is 0 Å². The van der Waals surface area contributed by atoms with Gasteiger partial charge in [0, 0.05) is 12.1 Å². The monoisotopic (exact) mass is 189 g/mol. The van der Waals surface area contributed by atoms with Crippen LogP contribution in [0.1, 0.15) is 37.3 Å². The van der Waals surface area contributed by atoms with Crippen LogP contribution < -0.4 is 5.32 Å². The van der Waals surface area contributed by atoms with Crippen LogP contribution in [-0.4, -0.2) is 12.1 Å². The number of nitrogens with one attached hydrogen (secondary N) is 1. The summed E-state index contributed by atoms with van der Waals surface area (Å²) >= 11 is 0. The average molecular weight is 189 g/mol. The second-order valence-electron chi connectivity index (χ2n) is 5.02. The third kappa shape index (κ3) is 1.83. The second-order valence-corrected chi connectivity index (χ2v) is 5.02. The Morgan fingerprint density at radius 1 is 1.29 bits per heavy atom. The largest absolute Gasteiger partial charge is 0.311 e. The molecular weight excluding hydrogens is 170 g/mol. The van der Waals surface area contributed by atoms with Crippen LogP contribution in [0.15, 0.2) is 24.3 Å². The van der Waals surface area contributed by atoms with Crippen LogP contribution >= 0.6 is 0 Å². The fraction of sp³-hybridized carbons (Fsp3) is 0.538. The van der Waals surface area contributed by atoms with Crippen molar-refractivity contribution in [1.82, 2.24) is 5.32 Å². The van der Waals surface area contributed by atoms with Gasteiger partial charge in [-0.2, -0.15) is 0 Å². The van der Waals surface area contributed by atoms with Crippen LogP contribution in [0.2, 0.25) is 0 Å². The molecule has 14 heavy (non-hydrogen) atoms. The number of hydrogen-bond donors (Lipinski definition) is 1. The van der Waals surface area contributed by atoms with Crippen molar-refractivity contribution in [2.45, 2.75) is 38.6 Å². The van der Waals surface area contributed by atoms with Crippen molar-refractivity contribution in [1.29, 1.82) is 0 Å². The molecule has 1 aromatic rings. The minimum Gasteiger partial charge on any atom is -0.311 e. The minimum atomic E-state index is 0.312. The highest BCUT2D eigenvalue weighted by atomic mass is 15.0. The molecule has 1 fully saturated rings. The highest BCUT2D eigenvalue weighted by Gasteiger charge is 2.31. The molecule has 1 nitrogen and oxygen atoms in total. The average Bonchev–Trinajstić information content (AvgIpc) is 2.47. The third-order valence-electron chi connectivity index (χ3n) is 3.21. The SMILES string of the molecule is Cc1ccccc1C1CNC(C)(C)C1. The molecule has 1 aromatic carbocycles. The van der Waals surface area contributed by atoms with Gasteiger partial charge in [0.25, 0.3) is 0 Å². The predicted molar refractivity (Wildman–Crippen MR) is 60.6 cm³/mol. The Bertz CT molecular complexity index is 328. The quantitative estimate of drug-likeness (QED) is 0.716. The summed E-state index contributed by atoms with van der Waals surface area (Å²) in [5.74, 6) is 0.700. The maximum Gasteiger partial charge on any atom is 0.0131 e. The third-order valence-corrected chi connectivity index (χ3v) is 3.21. The van der Waals surface area contributed by atoms with Gasteiger partial charge in [-0.1, -0.05) is 24.3 Å². The topological polar surface area (TPSA) is 12.0 Å². The summed E-state index contributed by atoms with van der Waals surface area (Å²) in [6, 6.07) is 8.74. The predicted octanol–water partition coefficient (Wildman–Crippen LogP) is 2.85. The lowest BCUT2D eigenvalue weighted by molar-refractivity contribution is 0.456. The molecule has 0 aromatic heterocycles. The summed E-state index contributed by atoms with van der Waals surface area (Å²) in [6.07, 6.45) is 1.25. The van der Waals surface area contributed by atoms with Gasteiger partial charge >= 0.3 is 0 Å². The normalized spacial score (nSPS) is 25.2. The minimum absolute atomic E-state index is 0.312. The Kier molecular flexibility index (Phi) is 2.36. The number of aryl methyl sites for hydroxylation is 1. The number of hydrogen-bond acceptors (Lipinski definition) is 1. The first-order chi connectivity index (χ1) is 6.58. The Hall–Kier alpha value is -0.820. The Balaban J connectivity index is 2.22. The summed E-state index contributed by atoms with van der Waals surface area (Å²) in [5, 5.41) is 3.57. The van der Waals surface area contributed by atoms with Crippen LogP contribution in [0.5, 0.6) is 0 Å². The zero-order valence-electron chi connectivity index (χ0n) is 9.30. The van der Waals surface area contributed by atoms with Crippen LogP contribution in [0.3, 0.4) is 0 Å². The summed E-state index contributed by atoms with van der Waals surface area (Å²) in [5.41, 5.74) is 3.26. The van der Waals surface area contributed by atoms with Gasteiger partial charge in [-0.25, -0.2) is 0 Å². The smallest absolute Gasteiger partial charge is 0.0131 e. The van der Waals surface area contributed by atoms with Crippen LogP contribution in [0, 0.1) is 6.92 Å². The van der Waals surface area contributed by atoms with Gasteiger partial charge in [0.15, 0.2) is 0 Å². The van der Waals surface area contributed by atoms with E-state index in [4.69, 9.17) is 0 Å². The summed E-state index contributed by atoms with van der Waals surface area (Å²) in [7, 11) is 0. The molecule has 1 N–H and O–H groups in total. The molecule has 0 bridgehead atoms. The highest BCUT2D eigenvalue weighted by Crippen LogP contribution is 2.32. The highest BCUT2D eigenvalue weighted by molar-refractivity contribution is 5.30. The molecule has 1 heterocycles. The summed E-state index contributed by atoms with van der Waals surface area (Å²) < 4.78 is 0. The summed E-state index contributed by atoms with van der Waals surface area (Å²) in [6.45, 7) is 7.90. The second kappa shape index (κ2) is 3.39. The van der Waals surface area contributed by atoms with Crippen molar-refractivity contribution in [3.05, 3.63) is 35.4 Å². The molecule has 0 radical (unpaired) electrons. The Labute approximate surface area is 86.5 Å². The van der Waals surface area contributed by atoms with E-state index in [-0.39, 0.29) is 0 Å². The van der Waals surface area contributed by atoms with E-state index in [2.05, 4.69) is 50.4 Å². The molecule has 1 heteroatoms. The Morgan fingerprint density at radius 2 is 2.00 bits per heavy atom. The van der Waals surface area contributed by atoms with Gasteiger partial charge in [-0.05, 0) is 44.2 Å². The van der Waals surface area contributed by atoms with Gasteiger partial charge in [0.05, 0.1) is 0 Å². The Morgan fingerprint density at radius 3 is 2.57 bits per heavy atom. The molecule has 1 atom stereocenters. The van der Waals surface area contributed by atoms with Crippen molar-refractivity contribution in [3.8, 4) is 0 Å². The van der Waals surface area contributed by atoms with Gasteiger partial charge in [-0.3, -0.25) is 0 Å². The van der Waals surface area contributed by atoms with Crippen molar-refractivity contribution in [2.75, 3.05) is 6.54 Å². The summed E-state index contributed by atoms with van der Waals surface area (Å²) in [4.78, 5) is 0. The van der Waals surface area contributed by atoms with E-state index in [1.165, 1.54) is 17.5 Å². The van der Waals surface area contributed by atoms with E-state index in [1.807, 2.05) is 0 Å². The van der Waals surface area contributed by atoms with Crippen LogP contribution in [0.4, 0.5) is 0 Å². The molecule has 76 valence electrons. The maximum atomic E-state index is 3.57. The van der Waals surface area contributed by atoms with Crippen molar-refractivity contribution in [2.24, 2.45) is 0 Å². The maximum absolute atomic E-state index is 3.57. The zero-order chi connectivity index (χ0) is 10.2. The van der Waals surface area contributed by atoms with Gasteiger partial charge in [-0.15, -0.1) is 0 Å².